The van der Waals surface area contributed by atoms with Gasteiger partial charge in [0.2, 0.25) is 5.52 Å². The molecule has 8 nitrogen and oxygen atoms in total. The van der Waals surface area contributed by atoms with Crippen LogP contribution in [0.3, 0.4) is 0 Å². The number of hydrogen-bond donors (Lipinski definition) is 0. The third-order valence-electron chi connectivity index (χ3n) is 5.41. The maximum atomic E-state index is 11.1. The Balaban J connectivity index is 0.00000267. The van der Waals surface area contributed by atoms with E-state index in [9.17, 15) is 25.9 Å². The van der Waals surface area contributed by atoms with Crippen LogP contribution >= 0.6 is 46.3 Å². The Morgan fingerprint density at radius 2 is 1.56 bits per heavy atom. The van der Waals surface area contributed by atoms with Crippen molar-refractivity contribution >= 4 is 88.5 Å². The van der Waals surface area contributed by atoms with Gasteiger partial charge in [0.1, 0.15) is 4.70 Å². The van der Waals surface area contributed by atoms with Crippen LogP contribution in [0, 0.1) is 0 Å². The second-order valence-electron chi connectivity index (χ2n) is 8.16. The molecule has 0 aliphatic carbocycles. The fourth-order valence-corrected chi connectivity index (χ4v) is 7.33. The molecule has 39 heavy (non-hydrogen) atoms. The van der Waals surface area contributed by atoms with Crippen molar-refractivity contribution in [3.63, 3.8) is 0 Å². The van der Waals surface area contributed by atoms with E-state index in [-0.39, 0.29) is 72.0 Å². The standard InChI is InChI=1S/C23H22Cl2N2O6S4.2Na/c24-16-6-8-20-18(14-16)26(10-2-12-36(28,29)30)22(34-20)4-1-5-23-27(11-3-13-37(31,32)33)19-15-17(25)7-9-21(19)35-23;;/h1,4-9,14-15H,2-3,10-13H2,(H-,28,29,30,31,32,33);;/q;2*+1/p-1. The molecule has 3 aromatic rings. The van der Waals surface area contributed by atoms with Gasteiger partial charge in [-0.15, -0.1) is 0 Å². The molecule has 0 radical (unpaired) electrons. The molecule has 4 rings (SSSR count). The Labute approximate surface area is 290 Å². The molecular weight excluding hydrogens is 645 g/mol. The fourth-order valence-electron chi connectivity index (χ4n) is 3.87. The summed E-state index contributed by atoms with van der Waals surface area (Å²) in [6.07, 6.45) is 5.95. The predicted octanol–water partition coefficient (Wildman–Crippen LogP) is -1.16. The van der Waals surface area contributed by atoms with Crippen LogP contribution in [0.5, 0.6) is 0 Å². The number of hydrogen-bond acceptors (Lipinski definition) is 9. The zero-order valence-corrected chi connectivity index (χ0v) is 29.9. The molecule has 1 aliphatic rings. The average molecular weight is 667 g/mol. The normalized spacial score (nSPS) is 14.6. The number of aromatic nitrogens is 1. The zero-order valence-electron chi connectivity index (χ0n) is 21.2. The van der Waals surface area contributed by atoms with Gasteiger partial charge in [-0.2, -0.15) is 4.57 Å². The van der Waals surface area contributed by atoms with Crippen LogP contribution in [0.15, 0.2) is 58.5 Å². The number of anilines is 1. The second kappa shape index (κ2) is 15.2. The number of benzene rings is 2. The fraction of sp³-hybridized carbons (Fsp3) is 0.261. The minimum absolute atomic E-state index is 0. The molecule has 0 saturated carbocycles. The molecule has 0 spiro atoms. The number of rotatable bonds is 10. The van der Waals surface area contributed by atoms with E-state index >= 15 is 0 Å². The van der Waals surface area contributed by atoms with E-state index in [1.807, 2.05) is 39.8 Å². The summed E-state index contributed by atoms with van der Waals surface area (Å²) in [5.41, 5.74) is 1.68. The molecule has 198 valence electrons. The molecule has 2 aromatic carbocycles. The zero-order chi connectivity index (χ0) is 26.8. The third-order valence-corrected chi connectivity index (χ3v) is 9.72. The summed E-state index contributed by atoms with van der Waals surface area (Å²) in [7, 11) is -8.64. The quantitative estimate of drug-likeness (QED) is 0.151. The molecule has 16 heteroatoms. The van der Waals surface area contributed by atoms with Crippen LogP contribution in [0.4, 0.5) is 5.69 Å². The van der Waals surface area contributed by atoms with Gasteiger partial charge < -0.3 is 14.0 Å². The van der Waals surface area contributed by atoms with E-state index in [4.69, 9.17) is 23.2 Å². The van der Waals surface area contributed by atoms with Crippen molar-refractivity contribution in [2.24, 2.45) is 0 Å². The van der Waals surface area contributed by atoms with Gasteiger partial charge in [-0.1, -0.05) is 52.4 Å². The Morgan fingerprint density at radius 3 is 2.26 bits per heavy atom. The van der Waals surface area contributed by atoms with Crippen molar-refractivity contribution in [2.75, 3.05) is 23.0 Å². The summed E-state index contributed by atoms with van der Waals surface area (Å²) in [4.78, 5) is 2.89. The van der Waals surface area contributed by atoms with Gasteiger partial charge in [0.15, 0.2) is 6.54 Å². The van der Waals surface area contributed by atoms with Crippen LogP contribution in [-0.2, 0) is 26.8 Å². The van der Waals surface area contributed by atoms with Gasteiger partial charge in [0.05, 0.1) is 31.0 Å². The molecule has 0 amide bonds. The summed E-state index contributed by atoms with van der Waals surface area (Å²) in [6, 6.07) is 10.9. The number of halogens is 2. The molecular formula is C23H21Cl2N2Na2O6S4+. The summed E-state index contributed by atoms with van der Waals surface area (Å²) in [6.45, 7) is 0.652. The first kappa shape index (κ1) is 35.6. The Morgan fingerprint density at radius 1 is 0.923 bits per heavy atom. The molecule has 0 saturated heterocycles. The predicted molar refractivity (Wildman–Crippen MR) is 147 cm³/mol. The van der Waals surface area contributed by atoms with E-state index < -0.39 is 31.7 Å². The van der Waals surface area contributed by atoms with Gasteiger partial charge in [0.25, 0.3) is 5.01 Å². The Hall–Kier alpha value is 0.360. The summed E-state index contributed by atoms with van der Waals surface area (Å²) in [5, 5.41) is 2.76. The molecule has 0 N–H and O–H groups in total. The van der Waals surface area contributed by atoms with Gasteiger partial charge in [0, 0.05) is 51.6 Å². The maximum Gasteiger partial charge on any atom is 1.00 e. The molecule has 0 unspecified atom stereocenters. The SMILES string of the molecule is O=S(=O)([O-])CCCN1C(=CC=Cc2sc3ccc(Cl)cc3[n+]2CCCS(=O)(=O)[O-])Sc2ccc(Cl)cc21.[Na+].[Na+]. The summed E-state index contributed by atoms with van der Waals surface area (Å²) in [5.74, 6) is -0.923. The minimum Gasteiger partial charge on any atom is -0.748 e. The minimum atomic E-state index is -4.32. The van der Waals surface area contributed by atoms with Crippen molar-refractivity contribution in [1.82, 2.24) is 0 Å². The smallest absolute Gasteiger partial charge is 0.748 e. The second-order valence-corrected chi connectivity index (χ2v) is 14.2. The number of allylic oxidation sites excluding steroid dienone is 2. The van der Waals surface area contributed by atoms with Gasteiger partial charge >= 0.3 is 59.1 Å². The van der Waals surface area contributed by atoms with Crippen LogP contribution < -0.4 is 68.6 Å². The van der Waals surface area contributed by atoms with Crippen LogP contribution in [-0.4, -0.2) is 44.0 Å². The van der Waals surface area contributed by atoms with E-state index in [2.05, 4.69) is 0 Å². The Kier molecular flexibility index (Phi) is 13.9. The van der Waals surface area contributed by atoms with Crippen LogP contribution in [0.2, 0.25) is 10.0 Å². The third kappa shape index (κ3) is 10.2. The van der Waals surface area contributed by atoms with Crippen molar-refractivity contribution in [2.45, 2.75) is 24.3 Å². The Bertz CT molecular complexity index is 1610. The molecule has 0 bridgehead atoms. The number of nitrogens with zero attached hydrogens (tertiary/aromatic N) is 2. The molecule has 1 aromatic heterocycles. The van der Waals surface area contributed by atoms with Crippen molar-refractivity contribution in [1.29, 1.82) is 0 Å². The van der Waals surface area contributed by atoms with Gasteiger partial charge in [-0.3, -0.25) is 0 Å². The van der Waals surface area contributed by atoms with Crippen LogP contribution in [0.1, 0.15) is 17.8 Å². The summed E-state index contributed by atoms with van der Waals surface area (Å²) < 4.78 is 69.4. The first-order valence-electron chi connectivity index (χ1n) is 11.0. The largest absolute Gasteiger partial charge is 1.00 e. The number of thioether (sulfide) groups is 1. The van der Waals surface area contributed by atoms with Crippen molar-refractivity contribution in [3.05, 3.63) is 68.6 Å². The molecule has 2 heterocycles. The van der Waals surface area contributed by atoms with Crippen molar-refractivity contribution in [3.8, 4) is 0 Å². The summed E-state index contributed by atoms with van der Waals surface area (Å²) >= 11 is 15.4. The first-order valence-corrected chi connectivity index (χ1v) is 16.6. The maximum absolute atomic E-state index is 11.1. The average Bonchev–Trinajstić information content (AvgIpc) is 3.30. The van der Waals surface area contributed by atoms with Crippen LogP contribution in [0.25, 0.3) is 16.3 Å². The first-order chi connectivity index (χ1) is 17.4. The van der Waals surface area contributed by atoms with Gasteiger partial charge in [-0.25, -0.2) is 16.8 Å². The number of fused-ring (bicyclic) bond motifs is 2. The number of thiazole rings is 1. The van der Waals surface area contributed by atoms with E-state index in [0.29, 0.717) is 23.1 Å². The topological polar surface area (TPSA) is 122 Å². The van der Waals surface area contributed by atoms with E-state index in [1.165, 1.54) is 23.1 Å². The molecule has 1 aliphatic heterocycles. The molecule has 0 atom stereocenters. The van der Waals surface area contributed by atoms with Gasteiger partial charge in [-0.05, 0) is 42.8 Å². The number of aryl methyl sites for hydroxylation is 1. The van der Waals surface area contributed by atoms with Crippen molar-refractivity contribution < 1.29 is 89.6 Å². The van der Waals surface area contributed by atoms with E-state index in [0.717, 1.165) is 30.8 Å². The molecule has 0 fully saturated rings. The monoisotopic (exact) mass is 665 g/mol. The van der Waals surface area contributed by atoms with E-state index in [1.54, 1.807) is 24.3 Å².